The fourth-order valence-corrected chi connectivity index (χ4v) is 5.12. The Morgan fingerprint density at radius 2 is 1.55 bits per heavy atom. The number of carbonyl (C=O) groups is 1. The summed E-state index contributed by atoms with van der Waals surface area (Å²) in [4.78, 5) is 13.3. The van der Waals surface area contributed by atoms with Crippen LogP contribution in [0.3, 0.4) is 0 Å². The number of para-hydroxylation sites is 1. The van der Waals surface area contributed by atoms with Gasteiger partial charge in [-0.05, 0) is 18.2 Å². The number of hydrogen-bond donors (Lipinski definition) is 0. The number of nitrogens with zero attached hydrogens (tertiary/aromatic N) is 1. The monoisotopic (exact) mass is 309 g/mol. The lowest BCUT2D eigenvalue weighted by molar-refractivity contribution is -0.104. The van der Waals surface area contributed by atoms with E-state index in [0.29, 0.717) is 0 Å². The highest BCUT2D eigenvalue weighted by molar-refractivity contribution is 6.95. The zero-order valence-electron chi connectivity index (χ0n) is 13.5. The van der Waals surface area contributed by atoms with Crippen LogP contribution in [0.4, 0.5) is 5.69 Å². The van der Waals surface area contributed by atoms with Crippen molar-refractivity contribution in [3.8, 4) is 0 Å². The lowest BCUT2D eigenvalue weighted by Gasteiger charge is -2.30. The van der Waals surface area contributed by atoms with Gasteiger partial charge in [-0.1, -0.05) is 72.0 Å². The second kappa shape index (κ2) is 7.23. The first-order valence-electron chi connectivity index (χ1n) is 7.52. The van der Waals surface area contributed by atoms with Crippen LogP contribution in [0.1, 0.15) is 0 Å². The Labute approximate surface area is 134 Å². The van der Waals surface area contributed by atoms with Crippen LogP contribution in [0.5, 0.6) is 0 Å². The molecule has 2 aromatic carbocycles. The quantitative estimate of drug-likeness (QED) is 0.463. The van der Waals surface area contributed by atoms with Gasteiger partial charge in [0.05, 0.1) is 0 Å². The molecule has 0 unspecified atom stereocenters. The molecule has 3 heteroatoms. The molecule has 0 aliphatic heterocycles. The van der Waals surface area contributed by atoms with E-state index in [1.165, 1.54) is 10.4 Å². The summed E-state index contributed by atoms with van der Waals surface area (Å²) in [7, 11) is 0.236. The van der Waals surface area contributed by atoms with E-state index in [9.17, 15) is 4.79 Å². The van der Waals surface area contributed by atoms with Crippen LogP contribution in [0.15, 0.2) is 71.9 Å². The molecular formula is C19H23NOSi. The van der Waals surface area contributed by atoms with Crippen LogP contribution >= 0.6 is 0 Å². The molecule has 0 aliphatic rings. The molecule has 2 nitrogen and oxygen atoms in total. The summed E-state index contributed by atoms with van der Waals surface area (Å²) < 4.78 is 0. The first-order valence-corrected chi connectivity index (χ1v) is 10.5. The Kier molecular flexibility index (Phi) is 5.34. The van der Waals surface area contributed by atoms with Crippen molar-refractivity contribution in [3.63, 3.8) is 0 Å². The van der Waals surface area contributed by atoms with Crippen molar-refractivity contribution in [2.45, 2.75) is 13.1 Å². The third-order valence-corrected chi connectivity index (χ3v) is 7.88. The van der Waals surface area contributed by atoms with E-state index in [-0.39, 0.29) is 0 Å². The summed E-state index contributed by atoms with van der Waals surface area (Å²) in [5.74, 6) is 0. The molecule has 0 N–H and O–H groups in total. The zero-order valence-corrected chi connectivity index (χ0v) is 14.5. The fraction of sp³-hybridized carbons (Fsp3) is 0.211. The Morgan fingerprint density at radius 3 is 2.09 bits per heavy atom. The molecule has 0 heterocycles. The molecule has 0 atom stereocenters. The van der Waals surface area contributed by atoms with Crippen molar-refractivity contribution in [1.82, 2.24) is 0 Å². The van der Waals surface area contributed by atoms with E-state index < -0.39 is 8.07 Å². The van der Waals surface area contributed by atoms with E-state index in [1.807, 2.05) is 24.3 Å². The maximum Gasteiger partial charge on any atom is 0.142 e. The molecule has 2 rings (SSSR count). The minimum atomic E-state index is -1.84. The fourth-order valence-electron chi connectivity index (χ4n) is 2.61. The second-order valence-electron chi connectivity index (χ2n) is 6.01. The molecular weight excluding hydrogens is 286 g/mol. The van der Waals surface area contributed by atoms with Gasteiger partial charge in [0.2, 0.25) is 0 Å². The van der Waals surface area contributed by atoms with Gasteiger partial charge >= 0.3 is 0 Å². The number of allylic oxidation sites excluding steroid dienone is 1. The van der Waals surface area contributed by atoms with Gasteiger partial charge in [0.15, 0.2) is 0 Å². The molecule has 0 spiro atoms. The average molecular weight is 309 g/mol. The number of rotatable bonds is 6. The number of benzene rings is 2. The topological polar surface area (TPSA) is 20.3 Å². The van der Waals surface area contributed by atoms with Crippen LogP contribution in [0.25, 0.3) is 0 Å². The SMILES string of the molecule is CN(C/C(=C/C=O)[Si](C)(C)c1ccccc1)c1ccccc1. The highest BCUT2D eigenvalue weighted by Gasteiger charge is 2.28. The molecule has 22 heavy (non-hydrogen) atoms. The summed E-state index contributed by atoms with van der Waals surface area (Å²) in [6, 6.07) is 20.8. The van der Waals surface area contributed by atoms with Crippen molar-refractivity contribution in [2.75, 3.05) is 18.5 Å². The second-order valence-corrected chi connectivity index (χ2v) is 10.5. The molecule has 0 bridgehead atoms. The number of hydrogen-bond acceptors (Lipinski definition) is 2. The number of aldehydes is 1. The third-order valence-electron chi connectivity index (χ3n) is 4.17. The summed E-state index contributed by atoms with van der Waals surface area (Å²) in [6.45, 7) is 5.38. The smallest absolute Gasteiger partial charge is 0.142 e. The Hall–Kier alpha value is -2.13. The van der Waals surface area contributed by atoms with Gasteiger partial charge in [-0.3, -0.25) is 4.79 Å². The van der Waals surface area contributed by atoms with Crippen molar-refractivity contribution >= 4 is 25.2 Å². The molecule has 0 aliphatic carbocycles. The van der Waals surface area contributed by atoms with E-state index in [4.69, 9.17) is 0 Å². The zero-order chi connectivity index (χ0) is 16.0. The highest BCUT2D eigenvalue weighted by atomic mass is 28.3. The van der Waals surface area contributed by atoms with Crippen molar-refractivity contribution in [3.05, 3.63) is 71.9 Å². The van der Waals surface area contributed by atoms with Gasteiger partial charge < -0.3 is 4.90 Å². The molecule has 0 saturated heterocycles. The summed E-state index contributed by atoms with van der Waals surface area (Å²) in [6.07, 6.45) is 2.69. The predicted molar refractivity (Wildman–Crippen MR) is 97.4 cm³/mol. The van der Waals surface area contributed by atoms with Gasteiger partial charge in [0, 0.05) is 19.3 Å². The molecule has 2 aromatic rings. The molecule has 0 fully saturated rings. The number of carbonyl (C=O) groups excluding carboxylic acids is 1. The maximum atomic E-state index is 11.1. The van der Waals surface area contributed by atoms with Gasteiger partial charge in [0.25, 0.3) is 0 Å². The van der Waals surface area contributed by atoms with Crippen LogP contribution in [0.2, 0.25) is 13.1 Å². The standard InChI is InChI=1S/C19H23NOSi/c1-20(17-10-6-4-7-11-17)16-19(14-15-21)22(2,3)18-12-8-5-9-13-18/h4-15H,16H2,1-3H3/b19-14-. The van der Waals surface area contributed by atoms with Crippen molar-refractivity contribution < 1.29 is 4.79 Å². The van der Waals surface area contributed by atoms with Crippen molar-refractivity contribution in [1.29, 1.82) is 0 Å². The van der Waals surface area contributed by atoms with Gasteiger partial charge in [-0.15, -0.1) is 0 Å². The molecule has 114 valence electrons. The van der Waals surface area contributed by atoms with Gasteiger partial charge in [-0.25, -0.2) is 0 Å². The Balaban J connectivity index is 2.27. The van der Waals surface area contributed by atoms with E-state index >= 15 is 0 Å². The summed E-state index contributed by atoms with van der Waals surface area (Å²) in [5, 5.41) is 2.59. The largest absolute Gasteiger partial charge is 0.371 e. The van der Waals surface area contributed by atoms with Crippen LogP contribution in [-0.2, 0) is 4.79 Å². The van der Waals surface area contributed by atoms with Crippen LogP contribution in [-0.4, -0.2) is 28.0 Å². The van der Waals surface area contributed by atoms with E-state index in [0.717, 1.165) is 18.5 Å². The average Bonchev–Trinajstić information content (AvgIpc) is 2.56. The number of anilines is 1. The first kappa shape index (κ1) is 16.2. The molecule has 0 radical (unpaired) electrons. The third kappa shape index (κ3) is 3.74. The highest BCUT2D eigenvalue weighted by Crippen LogP contribution is 2.19. The Bertz CT molecular complexity index is 635. The molecule has 0 amide bonds. The number of likely N-dealkylation sites (N-methyl/N-ethyl adjacent to an activating group) is 1. The normalized spacial score (nSPS) is 12.0. The molecule has 0 saturated carbocycles. The van der Waals surface area contributed by atoms with Crippen molar-refractivity contribution in [2.24, 2.45) is 0 Å². The van der Waals surface area contributed by atoms with Crippen LogP contribution in [0, 0.1) is 0 Å². The summed E-state index contributed by atoms with van der Waals surface area (Å²) >= 11 is 0. The minimum absolute atomic E-state index is 0.775. The lowest BCUT2D eigenvalue weighted by atomic mass is 10.3. The lowest BCUT2D eigenvalue weighted by Crippen LogP contribution is -2.47. The van der Waals surface area contributed by atoms with Crippen LogP contribution < -0.4 is 10.1 Å². The summed E-state index contributed by atoms with van der Waals surface area (Å²) in [5.41, 5.74) is 1.16. The minimum Gasteiger partial charge on any atom is -0.371 e. The predicted octanol–water partition coefficient (Wildman–Crippen LogP) is 3.40. The van der Waals surface area contributed by atoms with E-state index in [1.54, 1.807) is 6.08 Å². The van der Waals surface area contributed by atoms with E-state index in [2.05, 4.69) is 61.4 Å². The Morgan fingerprint density at radius 1 is 1.00 bits per heavy atom. The van der Waals surface area contributed by atoms with Gasteiger partial charge in [0.1, 0.15) is 14.4 Å². The van der Waals surface area contributed by atoms with Gasteiger partial charge in [-0.2, -0.15) is 0 Å². The molecule has 0 aromatic heterocycles. The maximum absolute atomic E-state index is 11.1. The first-order chi connectivity index (χ1) is 10.6.